The van der Waals surface area contributed by atoms with Gasteiger partial charge >= 0.3 is 7.12 Å². The fourth-order valence-electron chi connectivity index (χ4n) is 0.795. The standard InChI is InChI=1S/C7H9BO3.C6H14O2/c9-5-6-1-3-7(4-2-6)8(10)11;1-5(2,7)6(3,4)8/h1-4,9-11H,5H2;7-8H,1-4H3. The molecule has 0 aliphatic heterocycles. The Morgan fingerprint density at radius 3 is 1.47 bits per heavy atom. The smallest absolute Gasteiger partial charge is 0.423 e. The lowest BCUT2D eigenvalue weighted by Gasteiger charge is -2.31. The highest BCUT2D eigenvalue weighted by atomic mass is 16.4. The van der Waals surface area contributed by atoms with Crippen LogP contribution in [0.4, 0.5) is 0 Å². The van der Waals surface area contributed by atoms with Crippen LogP contribution < -0.4 is 5.46 Å². The van der Waals surface area contributed by atoms with Gasteiger partial charge in [0.15, 0.2) is 0 Å². The predicted molar refractivity (Wildman–Crippen MR) is 74.8 cm³/mol. The molecule has 5 nitrogen and oxygen atoms in total. The van der Waals surface area contributed by atoms with E-state index in [1.165, 1.54) is 0 Å². The maximum atomic E-state index is 9.10. The van der Waals surface area contributed by atoms with Gasteiger partial charge in [0.05, 0.1) is 17.8 Å². The van der Waals surface area contributed by atoms with E-state index in [9.17, 15) is 0 Å². The molecule has 0 aliphatic rings. The molecule has 0 radical (unpaired) electrons. The van der Waals surface area contributed by atoms with E-state index in [0.717, 1.165) is 5.56 Å². The molecule has 6 heteroatoms. The summed E-state index contributed by atoms with van der Waals surface area (Å²) in [5, 5.41) is 44.2. The van der Waals surface area contributed by atoms with Gasteiger partial charge in [-0.05, 0) is 38.7 Å². The molecule has 1 aromatic rings. The summed E-state index contributed by atoms with van der Waals surface area (Å²) in [6.07, 6.45) is 0. The normalized spacial score (nSPS) is 11.6. The Balaban J connectivity index is 0.000000362. The maximum Gasteiger partial charge on any atom is 0.488 e. The van der Waals surface area contributed by atoms with E-state index in [2.05, 4.69) is 0 Å². The molecule has 1 rings (SSSR count). The van der Waals surface area contributed by atoms with Crippen LogP contribution in [0.15, 0.2) is 24.3 Å². The van der Waals surface area contributed by atoms with Crippen molar-refractivity contribution in [3.8, 4) is 0 Å². The van der Waals surface area contributed by atoms with Crippen LogP contribution in [0.2, 0.25) is 0 Å². The van der Waals surface area contributed by atoms with Crippen LogP contribution >= 0.6 is 0 Å². The van der Waals surface area contributed by atoms with Crippen molar-refractivity contribution >= 4 is 12.6 Å². The Bertz CT molecular complexity index is 350. The van der Waals surface area contributed by atoms with Crippen molar-refractivity contribution in [3.63, 3.8) is 0 Å². The molecule has 0 amide bonds. The zero-order valence-electron chi connectivity index (χ0n) is 11.8. The van der Waals surface area contributed by atoms with Crippen molar-refractivity contribution in [2.24, 2.45) is 0 Å². The first-order valence-corrected chi connectivity index (χ1v) is 5.99. The Morgan fingerprint density at radius 1 is 0.895 bits per heavy atom. The number of hydrogen-bond acceptors (Lipinski definition) is 5. The molecule has 0 bridgehead atoms. The van der Waals surface area contributed by atoms with Crippen molar-refractivity contribution in [2.45, 2.75) is 45.5 Å². The van der Waals surface area contributed by atoms with Crippen molar-refractivity contribution in [2.75, 3.05) is 0 Å². The van der Waals surface area contributed by atoms with Crippen LogP contribution in [0.1, 0.15) is 33.3 Å². The molecular weight excluding hydrogens is 247 g/mol. The average Bonchev–Trinajstić information content (AvgIpc) is 2.27. The minimum absolute atomic E-state index is 0.0260. The minimum atomic E-state index is -1.43. The summed E-state index contributed by atoms with van der Waals surface area (Å²) >= 11 is 0. The van der Waals surface area contributed by atoms with Crippen LogP contribution in [-0.2, 0) is 6.61 Å². The van der Waals surface area contributed by atoms with Gasteiger partial charge in [-0.2, -0.15) is 0 Å². The molecule has 0 aliphatic carbocycles. The topological polar surface area (TPSA) is 101 Å². The van der Waals surface area contributed by atoms with Crippen LogP contribution in [0.5, 0.6) is 0 Å². The van der Waals surface area contributed by atoms with Crippen LogP contribution in [0, 0.1) is 0 Å². The molecule has 0 saturated heterocycles. The summed E-state index contributed by atoms with van der Waals surface area (Å²) in [6, 6.07) is 6.43. The van der Waals surface area contributed by atoms with E-state index in [0.29, 0.717) is 5.46 Å². The van der Waals surface area contributed by atoms with E-state index in [1.54, 1.807) is 52.0 Å². The maximum absolute atomic E-state index is 9.10. The van der Waals surface area contributed by atoms with Crippen molar-refractivity contribution in [1.82, 2.24) is 0 Å². The van der Waals surface area contributed by atoms with E-state index in [-0.39, 0.29) is 6.61 Å². The molecule has 5 N–H and O–H groups in total. The summed E-state index contributed by atoms with van der Waals surface area (Å²) in [7, 11) is -1.43. The fourth-order valence-corrected chi connectivity index (χ4v) is 0.795. The van der Waals surface area contributed by atoms with Gasteiger partial charge < -0.3 is 25.4 Å². The number of benzene rings is 1. The lowest BCUT2D eigenvalue weighted by Crippen LogP contribution is -2.44. The number of aliphatic hydroxyl groups is 3. The summed E-state index contributed by atoms with van der Waals surface area (Å²) in [6.45, 7) is 6.28. The monoisotopic (exact) mass is 270 g/mol. The lowest BCUT2D eigenvalue weighted by atomic mass is 9.80. The molecule has 108 valence electrons. The van der Waals surface area contributed by atoms with Crippen LogP contribution in [0.25, 0.3) is 0 Å². The number of rotatable bonds is 3. The Hall–Kier alpha value is -0.915. The van der Waals surface area contributed by atoms with Crippen molar-refractivity contribution in [3.05, 3.63) is 29.8 Å². The quantitative estimate of drug-likeness (QED) is 0.472. The highest BCUT2D eigenvalue weighted by molar-refractivity contribution is 6.58. The van der Waals surface area contributed by atoms with E-state index < -0.39 is 18.3 Å². The third-order valence-corrected chi connectivity index (χ3v) is 2.96. The highest BCUT2D eigenvalue weighted by Gasteiger charge is 2.31. The lowest BCUT2D eigenvalue weighted by molar-refractivity contribution is -0.107. The Labute approximate surface area is 114 Å². The molecule has 0 atom stereocenters. The van der Waals surface area contributed by atoms with Gasteiger partial charge in [0.2, 0.25) is 0 Å². The summed E-state index contributed by atoms with van der Waals surface area (Å²) in [4.78, 5) is 0. The summed E-state index contributed by atoms with van der Waals surface area (Å²) in [5.74, 6) is 0. The predicted octanol–water partition coefficient (Wildman–Crippen LogP) is -0.613. The van der Waals surface area contributed by atoms with Gasteiger partial charge in [-0.1, -0.05) is 24.3 Å². The van der Waals surface area contributed by atoms with E-state index >= 15 is 0 Å². The minimum Gasteiger partial charge on any atom is -0.423 e. The van der Waals surface area contributed by atoms with E-state index in [4.69, 9.17) is 25.4 Å². The molecule has 19 heavy (non-hydrogen) atoms. The third kappa shape index (κ3) is 6.70. The molecule has 0 spiro atoms. The molecule has 0 saturated carbocycles. The van der Waals surface area contributed by atoms with Crippen LogP contribution in [-0.4, -0.2) is 43.7 Å². The second kappa shape index (κ2) is 7.02. The van der Waals surface area contributed by atoms with Crippen molar-refractivity contribution < 1.29 is 25.4 Å². The SMILES string of the molecule is CC(C)(O)C(C)(C)O.OCc1ccc(B(O)O)cc1. The van der Waals surface area contributed by atoms with Gasteiger partial charge in [-0.3, -0.25) is 0 Å². The van der Waals surface area contributed by atoms with Gasteiger partial charge in [0, 0.05) is 0 Å². The van der Waals surface area contributed by atoms with Gasteiger partial charge in [0.25, 0.3) is 0 Å². The summed E-state index contributed by atoms with van der Waals surface area (Å²) in [5.41, 5.74) is -0.823. The van der Waals surface area contributed by atoms with Gasteiger partial charge in [0.1, 0.15) is 0 Å². The van der Waals surface area contributed by atoms with Gasteiger partial charge in [-0.25, -0.2) is 0 Å². The first kappa shape index (κ1) is 18.1. The Morgan fingerprint density at radius 2 is 1.26 bits per heavy atom. The third-order valence-electron chi connectivity index (χ3n) is 2.96. The van der Waals surface area contributed by atoms with Crippen molar-refractivity contribution in [1.29, 1.82) is 0 Å². The second-order valence-corrected chi connectivity index (χ2v) is 5.39. The molecule has 1 aromatic carbocycles. The van der Waals surface area contributed by atoms with E-state index in [1.807, 2.05) is 0 Å². The number of hydrogen-bond donors (Lipinski definition) is 5. The number of aliphatic hydroxyl groups excluding tert-OH is 1. The molecule has 0 unspecified atom stereocenters. The van der Waals surface area contributed by atoms with Gasteiger partial charge in [-0.15, -0.1) is 0 Å². The largest absolute Gasteiger partial charge is 0.488 e. The first-order chi connectivity index (χ1) is 8.49. The zero-order chi connectivity index (χ0) is 15.3. The fraction of sp³-hybridized carbons (Fsp3) is 0.538. The molecule has 0 heterocycles. The van der Waals surface area contributed by atoms with Crippen LogP contribution in [0.3, 0.4) is 0 Å². The Kier molecular flexibility index (Phi) is 6.69. The molecular formula is C13H23BO5. The second-order valence-electron chi connectivity index (χ2n) is 5.39. The average molecular weight is 270 g/mol. The molecule has 0 fully saturated rings. The first-order valence-electron chi connectivity index (χ1n) is 5.99. The zero-order valence-corrected chi connectivity index (χ0v) is 11.8. The highest BCUT2D eigenvalue weighted by Crippen LogP contribution is 2.19. The summed E-state index contributed by atoms with van der Waals surface area (Å²) < 4.78 is 0. The molecule has 0 aromatic heterocycles.